The van der Waals surface area contributed by atoms with E-state index in [1.165, 1.54) is 0 Å². The van der Waals surface area contributed by atoms with Crippen molar-refractivity contribution in [3.8, 4) is 0 Å². The van der Waals surface area contributed by atoms with Crippen molar-refractivity contribution in [2.45, 2.75) is 32.2 Å². The van der Waals surface area contributed by atoms with E-state index in [1.54, 1.807) is 17.0 Å². The number of aliphatic hydroxyl groups is 2. The second-order valence-corrected chi connectivity index (χ2v) is 9.74. The lowest BCUT2D eigenvalue weighted by Crippen LogP contribution is -2.63. The quantitative estimate of drug-likeness (QED) is 0.411. The van der Waals surface area contributed by atoms with Gasteiger partial charge in [0.2, 0.25) is 0 Å². The smallest absolute Gasteiger partial charge is 0.254 e. The maximum Gasteiger partial charge on any atom is 0.254 e. The molecular formula is C31H37NO5. The van der Waals surface area contributed by atoms with Crippen molar-refractivity contribution in [2.75, 3.05) is 26.4 Å². The Hall–Kier alpha value is -3.03. The molecule has 1 aliphatic rings. The van der Waals surface area contributed by atoms with Crippen LogP contribution in [-0.4, -0.2) is 59.5 Å². The van der Waals surface area contributed by atoms with Crippen LogP contribution < -0.4 is 0 Å². The molecule has 4 rings (SSSR count). The van der Waals surface area contributed by atoms with E-state index in [0.717, 1.165) is 11.1 Å². The highest BCUT2D eigenvalue weighted by atomic mass is 16.5. The Kier molecular flexibility index (Phi) is 9.85. The molecule has 1 fully saturated rings. The molecule has 0 aliphatic carbocycles. The first-order chi connectivity index (χ1) is 18.1. The number of rotatable bonds is 11. The highest BCUT2D eigenvalue weighted by molar-refractivity contribution is 5.94. The Morgan fingerprint density at radius 1 is 0.703 bits per heavy atom. The molecule has 196 valence electrons. The molecule has 37 heavy (non-hydrogen) atoms. The van der Waals surface area contributed by atoms with E-state index in [2.05, 4.69) is 0 Å². The zero-order valence-electron chi connectivity index (χ0n) is 21.4. The number of hydrogen-bond acceptors (Lipinski definition) is 5. The third-order valence-electron chi connectivity index (χ3n) is 7.51. The van der Waals surface area contributed by atoms with Crippen LogP contribution in [0.3, 0.4) is 0 Å². The molecule has 6 nitrogen and oxygen atoms in total. The predicted molar refractivity (Wildman–Crippen MR) is 143 cm³/mol. The third kappa shape index (κ3) is 6.65. The lowest BCUT2D eigenvalue weighted by atomic mass is 9.70. The Labute approximate surface area is 219 Å². The molecular weight excluding hydrogens is 466 g/mol. The molecule has 3 aromatic rings. The zero-order valence-corrected chi connectivity index (χ0v) is 21.4. The zero-order chi connectivity index (χ0) is 26.0. The van der Waals surface area contributed by atoms with Gasteiger partial charge in [-0.2, -0.15) is 0 Å². The molecule has 5 atom stereocenters. The van der Waals surface area contributed by atoms with Crippen LogP contribution in [0.15, 0.2) is 91.0 Å². The Morgan fingerprint density at radius 3 is 1.68 bits per heavy atom. The molecule has 0 spiro atoms. The molecule has 1 amide bonds. The molecule has 6 heteroatoms. The molecule has 0 unspecified atom stereocenters. The van der Waals surface area contributed by atoms with Gasteiger partial charge in [0.15, 0.2) is 0 Å². The highest BCUT2D eigenvalue weighted by Gasteiger charge is 2.49. The van der Waals surface area contributed by atoms with E-state index < -0.39 is 6.04 Å². The first kappa shape index (κ1) is 27.0. The van der Waals surface area contributed by atoms with E-state index in [0.29, 0.717) is 32.0 Å². The van der Waals surface area contributed by atoms with Gasteiger partial charge in [0.25, 0.3) is 5.91 Å². The number of amides is 1. The van der Waals surface area contributed by atoms with Gasteiger partial charge in [-0.3, -0.25) is 4.79 Å². The molecule has 1 saturated heterocycles. The maximum absolute atomic E-state index is 13.6. The average Bonchev–Trinajstić information content (AvgIpc) is 2.95. The maximum atomic E-state index is 13.6. The van der Waals surface area contributed by atoms with Crippen molar-refractivity contribution in [1.82, 2.24) is 4.90 Å². The second kappa shape index (κ2) is 13.5. The number of aliphatic hydroxyl groups excluding tert-OH is 2. The molecule has 2 N–H and O–H groups in total. The molecule has 1 aliphatic heterocycles. The van der Waals surface area contributed by atoms with Crippen LogP contribution in [0.5, 0.6) is 0 Å². The van der Waals surface area contributed by atoms with E-state index in [-0.39, 0.29) is 42.9 Å². The summed E-state index contributed by atoms with van der Waals surface area (Å²) in [6, 6.07) is 28.2. The topological polar surface area (TPSA) is 79.2 Å². The number of ether oxygens (including phenoxy) is 2. The van der Waals surface area contributed by atoms with Crippen LogP contribution >= 0.6 is 0 Å². The SMILES string of the molecule is C[C@@H]1[C@H](CO)[C@H](COCc2ccccc2)[C@H](COCc2ccccc2)[C@H](CO)N1C(=O)c1ccccc1. The summed E-state index contributed by atoms with van der Waals surface area (Å²) in [6.45, 7) is 3.28. The van der Waals surface area contributed by atoms with Gasteiger partial charge in [0.1, 0.15) is 0 Å². The summed E-state index contributed by atoms with van der Waals surface area (Å²) in [4.78, 5) is 15.4. The number of hydrogen-bond donors (Lipinski definition) is 2. The first-order valence-corrected chi connectivity index (χ1v) is 13.0. The summed E-state index contributed by atoms with van der Waals surface area (Å²) < 4.78 is 12.3. The molecule has 0 saturated carbocycles. The van der Waals surface area contributed by atoms with Crippen LogP contribution in [0.25, 0.3) is 0 Å². The van der Waals surface area contributed by atoms with Crippen LogP contribution in [0.2, 0.25) is 0 Å². The molecule has 3 aromatic carbocycles. The number of carbonyl (C=O) groups excluding carboxylic acids is 1. The minimum atomic E-state index is -0.466. The summed E-state index contributed by atoms with van der Waals surface area (Å²) in [5.41, 5.74) is 2.69. The number of benzene rings is 3. The normalized spacial score (nSPS) is 23.6. The lowest BCUT2D eigenvalue weighted by molar-refractivity contribution is -0.106. The van der Waals surface area contributed by atoms with Crippen LogP contribution in [0, 0.1) is 17.8 Å². The van der Waals surface area contributed by atoms with Gasteiger partial charge in [-0.25, -0.2) is 0 Å². The van der Waals surface area contributed by atoms with Crippen LogP contribution in [-0.2, 0) is 22.7 Å². The average molecular weight is 504 g/mol. The number of carbonyl (C=O) groups is 1. The van der Waals surface area contributed by atoms with E-state index >= 15 is 0 Å². The Balaban J connectivity index is 1.57. The summed E-state index contributed by atoms with van der Waals surface area (Å²) >= 11 is 0. The van der Waals surface area contributed by atoms with Crippen molar-refractivity contribution in [3.05, 3.63) is 108 Å². The molecule has 0 aromatic heterocycles. The van der Waals surface area contributed by atoms with Gasteiger partial charge in [-0.1, -0.05) is 78.9 Å². The van der Waals surface area contributed by atoms with Crippen LogP contribution in [0.1, 0.15) is 28.4 Å². The van der Waals surface area contributed by atoms with Crippen molar-refractivity contribution < 1.29 is 24.5 Å². The second-order valence-electron chi connectivity index (χ2n) is 9.74. The van der Waals surface area contributed by atoms with Gasteiger partial charge >= 0.3 is 0 Å². The highest BCUT2D eigenvalue weighted by Crippen LogP contribution is 2.39. The van der Waals surface area contributed by atoms with Crippen molar-refractivity contribution in [3.63, 3.8) is 0 Å². The Bertz CT molecular complexity index is 1080. The fourth-order valence-electron chi connectivity index (χ4n) is 5.51. The van der Waals surface area contributed by atoms with Crippen LogP contribution in [0.4, 0.5) is 0 Å². The van der Waals surface area contributed by atoms with Crippen molar-refractivity contribution >= 4 is 5.91 Å². The molecule has 1 heterocycles. The van der Waals surface area contributed by atoms with Crippen molar-refractivity contribution in [2.24, 2.45) is 17.8 Å². The van der Waals surface area contributed by atoms with Gasteiger partial charge in [0.05, 0.1) is 39.1 Å². The summed E-state index contributed by atoms with van der Waals surface area (Å²) in [6.07, 6.45) is 0. The number of nitrogens with zero attached hydrogens (tertiary/aromatic N) is 1. The molecule has 0 radical (unpaired) electrons. The minimum absolute atomic E-state index is 0.0908. The van der Waals surface area contributed by atoms with Gasteiger partial charge in [0, 0.05) is 30.0 Å². The summed E-state index contributed by atoms with van der Waals surface area (Å²) in [7, 11) is 0. The third-order valence-corrected chi connectivity index (χ3v) is 7.51. The Morgan fingerprint density at radius 2 is 1.19 bits per heavy atom. The fraction of sp³-hybridized carbons (Fsp3) is 0.387. The monoisotopic (exact) mass is 503 g/mol. The van der Waals surface area contributed by atoms with E-state index in [4.69, 9.17) is 9.47 Å². The summed E-state index contributed by atoms with van der Waals surface area (Å²) in [5, 5.41) is 21.1. The van der Waals surface area contributed by atoms with Gasteiger partial charge in [-0.05, 0) is 36.1 Å². The van der Waals surface area contributed by atoms with E-state index in [1.807, 2.05) is 85.8 Å². The lowest BCUT2D eigenvalue weighted by Gasteiger charge is -2.52. The van der Waals surface area contributed by atoms with E-state index in [9.17, 15) is 15.0 Å². The van der Waals surface area contributed by atoms with Crippen molar-refractivity contribution in [1.29, 1.82) is 0 Å². The summed E-state index contributed by atoms with van der Waals surface area (Å²) in [5.74, 6) is -0.694. The number of piperidine rings is 1. The minimum Gasteiger partial charge on any atom is -0.396 e. The fourth-order valence-corrected chi connectivity index (χ4v) is 5.51. The van der Waals surface area contributed by atoms with Gasteiger partial charge in [-0.15, -0.1) is 0 Å². The predicted octanol–water partition coefficient (Wildman–Crippen LogP) is 4.17. The van der Waals surface area contributed by atoms with Gasteiger partial charge < -0.3 is 24.6 Å². The largest absolute Gasteiger partial charge is 0.396 e. The first-order valence-electron chi connectivity index (χ1n) is 13.0. The number of likely N-dealkylation sites (tertiary alicyclic amines) is 1. The molecule has 0 bridgehead atoms. The standard InChI is InChI=1S/C31H37NO5/c1-23-27(17-33)28(21-36-19-24-11-5-2-6-12-24)29(22-37-20-25-13-7-3-8-14-25)30(18-34)32(23)31(35)26-15-9-4-10-16-26/h2-16,23,27-30,33-34H,17-22H2,1H3/t23-,27+,28+,29+,30+/m1/s1.